The van der Waals surface area contributed by atoms with E-state index in [2.05, 4.69) is 39.0 Å². The highest BCUT2D eigenvalue weighted by Gasteiger charge is 2.25. The number of aryl methyl sites for hydroxylation is 1. The zero-order valence-corrected chi connectivity index (χ0v) is 13.3. The van der Waals surface area contributed by atoms with Crippen LogP contribution in [0.25, 0.3) is 0 Å². The van der Waals surface area contributed by atoms with Crippen molar-refractivity contribution in [2.45, 2.75) is 19.9 Å². The zero-order valence-electron chi connectivity index (χ0n) is 13.3. The molecule has 1 atom stereocenters. The molecule has 1 aliphatic rings. The summed E-state index contributed by atoms with van der Waals surface area (Å²) >= 11 is 0. The zero-order chi connectivity index (χ0) is 15.5. The number of nitrogens with zero attached hydrogens (tertiary/aromatic N) is 4. The van der Waals surface area contributed by atoms with Gasteiger partial charge in [-0.2, -0.15) is 4.98 Å². The Labute approximate surface area is 130 Å². The third-order valence-electron chi connectivity index (χ3n) is 4.18. The second kappa shape index (κ2) is 6.36. The predicted octanol–water partition coefficient (Wildman–Crippen LogP) is 2.27. The molecule has 1 unspecified atom stereocenters. The lowest BCUT2D eigenvalue weighted by Crippen LogP contribution is -2.47. The summed E-state index contributed by atoms with van der Waals surface area (Å²) in [5.41, 5.74) is 1.21. The third kappa shape index (κ3) is 3.06. The summed E-state index contributed by atoms with van der Waals surface area (Å²) in [6, 6.07) is 8.38. The van der Waals surface area contributed by atoms with Crippen molar-refractivity contribution in [2.75, 3.05) is 38.2 Å². The van der Waals surface area contributed by atoms with E-state index in [-0.39, 0.29) is 6.04 Å². The molecule has 0 N–H and O–H groups in total. The fraction of sp³-hybridized carbons (Fsp3) is 0.500. The molecular formula is C16H22N4O2. The number of aromatic nitrogens is 2. The van der Waals surface area contributed by atoms with Gasteiger partial charge in [0.25, 0.3) is 0 Å². The Morgan fingerprint density at radius 3 is 2.64 bits per heavy atom. The summed E-state index contributed by atoms with van der Waals surface area (Å²) in [7, 11) is 1.70. The molecule has 6 nitrogen and oxygen atoms in total. The average molecular weight is 302 g/mol. The molecule has 0 aliphatic carbocycles. The Kier molecular flexibility index (Phi) is 4.29. The SMILES string of the molecule is COc1cccc(N2CCN(C(C)c3nc(C)no3)CC2)c1. The van der Waals surface area contributed by atoms with Crippen LogP contribution in [-0.2, 0) is 0 Å². The van der Waals surface area contributed by atoms with Crippen molar-refractivity contribution in [3.63, 3.8) is 0 Å². The van der Waals surface area contributed by atoms with Gasteiger partial charge in [0.1, 0.15) is 5.75 Å². The van der Waals surface area contributed by atoms with Gasteiger partial charge in [0.2, 0.25) is 5.89 Å². The van der Waals surface area contributed by atoms with E-state index in [0.29, 0.717) is 11.7 Å². The van der Waals surface area contributed by atoms with Crippen LogP contribution in [0, 0.1) is 6.92 Å². The maximum atomic E-state index is 5.30. The second-order valence-electron chi connectivity index (χ2n) is 5.58. The highest BCUT2D eigenvalue weighted by Crippen LogP contribution is 2.25. The van der Waals surface area contributed by atoms with Crippen molar-refractivity contribution < 1.29 is 9.26 Å². The molecule has 2 heterocycles. The first-order valence-corrected chi connectivity index (χ1v) is 7.60. The molecule has 2 aromatic rings. The van der Waals surface area contributed by atoms with Crippen molar-refractivity contribution in [1.29, 1.82) is 0 Å². The Morgan fingerprint density at radius 1 is 1.23 bits per heavy atom. The molecule has 6 heteroatoms. The van der Waals surface area contributed by atoms with Crippen LogP contribution in [0.3, 0.4) is 0 Å². The normalized spacial score (nSPS) is 17.5. The predicted molar refractivity (Wildman–Crippen MR) is 84.2 cm³/mol. The summed E-state index contributed by atoms with van der Waals surface area (Å²) in [5.74, 6) is 2.29. The number of anilines is 1. The number of ether oxygens (including phenoxy) is 1. The highest BCUT2D eigenvalue weighted by molar-refractivity contribution is 5.51. The standard InChI is InChI=1S/C16H22N4O2/c1-12(16-17-13(2)18-22-16)19-7-9-20(10-8-19)14-5-4-6-15(11-14)21-3/h4-6,11-12H,7-10H2,1-3H3. The van der Waals surface area contributed by atoms with Gasteiger partial charge in [0, 0.05) is 37.9 Å². The molecule has 1 fully saturated rings. The maximum Gasteiger partial charge on any atom is 0.243 e. The van der Waals surface area contributed by atoms with E-state index in [1.807, 2.05) is 19.1 Å². The van der Waals surface area contributed by atoms with Crippen LogP contribution in [0.2, 0.25) is 0 Å². The largest absolute Gasteiger partial charge is 0.497 e. The fourth-order valence-corrected chi connectivity index (χ4v) is 2.81. The molecule has 0 radical (unpaired) electrons. The van der Waals surface area contributed by atoms with Gasteiger partial charge in [-0.3, -0.25) is 4.90 Å². The Balaban J connectivity index is 1.62. The first-order valence-electron chi connectivity index (χ1n) is 7.60. The first-order chi connectivity index (χ1) is 10.7. The summed E-state index contributed by atoms with van der Waals surface area (Å²) in [6.07, 6.45) is 0. The highest BCUT2D eigenvalue weighted by atomic mass is 16.5. The van der Waals surface area contributed by atoms with E-state index in [0.717, 1.165) is 31.9 Å². The van der Waals surface area contributed by atoms with E-state index in [9.17, 15) is 0 Å². The van der Waals surface area contributed by atoms with Gasteiger partial charge in [0.15, 0.2) is 5.82 Å². The van der Waals surface area contributed by atoms with Crippen molar-refractivity contribution in [3.8, 4) is 5.75 Å². The van der Waals surface area contributed by atoms with E-state index in [4.69, 9.17) is 9.26 Å². The van der Waals surface area contributed by atoms with Gasteiger partial charge in [-0.25, -0.2) is 0 Å². The Hall–Kier alpha value is -2.08. The minimum Gasteiger partial charge on any atom is -0.497 e. The van der Waals surface area contributed by atoms with E-state index in [1.54, 1.807) is 7.11 Å². The molecule has 1 aromatic carbocycles. The van der Waals surface area contributed by atoms with E-state index in [1.165, 1.54) is 5.69 Å². The third-order valence-corrected chi connectivity index (χ3v) is 4.18. The molecule has 0 amide bonds. The van der Waals surface area contributed by atoms with Gasteiger partial charge in [-0.1, -0.05) is 11.2 Å². The summed E-state index contributed by atoms with van der Waals surface area (Å²) < 4.78 is 10.6. The van der Waals surface area contributed by atoms with Crippen LogP contribution in [0.1, 0.15) is 24.7 Å². The second-order valence-corrected chi connectivity index (χ2v) is 5.58. The number of hydrogen-bond donors (Lipinski definition) is 0. The van der Waals surface area contributed by atoms with Crippen LogP contribution < -0.4 is 9.64 Å². The molecule has 0 saturated carbocycles. The van der Waals surface area contributed by atoms with Crippen molar-refractivity contribution in [2.24, 2.45) is 0 Å². The van der Waals surface area contributed by atoms with E-state index >= 15 is 0 Å². The summed E-state index contributed by atoms with van der Waals surface area (Å²) in [6.45, 7) is 7.86. The van der Waals surface area contributed by atoms with Crippen LogP contribution >= 0.6 is 0 Å². The van der Waals surface area contributed by atoms with Crippen molar-refractivity contribution in [3.05, 3.63) is 36.0 Å². The minimum atomic E-state index is 0.161. The van der Waals surface area contributed by atoms with Gasteiger partial charge in [0.05, 0.1) is 13.2 Å². The quantitative estimate of drug-likeness (QED) is 0.863. The number of benzene rings is 1. The molecule has 1 aromatic heterocycles. The monoisotopic (exact) mass is 302 g/mol. The lowest BCUT2D eigenvalue weighted by Gasteiger charge is -2.38. The van der Waals surface area contributed by atoms with Gasteiger partial charge >= 0.3 is 0 Å². The number of methoxy groups -OCH3 is 1. The summed E-state index contributed by atoms with van der Waals surface area (Å²) in [5, 5.41) is 3.88. The number of piperazine rings is 1. The van der Waals surface area contributed by atoms with Gasteiger partial charge in [-0.15, -0.1) is 0 Å². The number of rotatable bonds is 4. The Morgan fingerprint density at radius 2 is 2.00 bits per heavy atom. The van der Waals surface area contributed by atoms with Gasteiger partial charge in [-0.05, 0) is 26.0 Å². The molecule has 3 rings (SSSR count). The lowest BCUT2D eigenvalue weighted by molar-refractivity contribution is 0.164. The van der Waals surface area contributed by atoms with Crippen LogP contribution in [-0.4, -0.2) is 48.3 Å². The molecule has 1 aliphatic heterocycles. The first kappa shape index (κ1) is 14.8. The maximum absolute atomic E-state index is 5.30. The fourth-order valence-electron chi connectivity index (χ4n) is 2.81. The lowest BCUT2D eigenvalue weighted by atomic mass is 10.2. The van der Waals surface area contributed by atoms with E-state index < -0.39 is 0 Å². The minimum absolute atomic E-state index is 0.161. The number of hydrogen-bond acceptors (Lipinski definition) is 6. The molecular weight excluding hydrogens is 280 g/mol. The average Bonchev–Trinajstić information content (AvgIpc) is 3.01. The molecule has 1 saturated heterocycles. The molecule has 0 spiro atoms. The Bertz CT molecular complexity index is 620. The topological polar surface area (TPSA) is 54.6 Å². The van der Waals surface area contributed by atoms with Crippen molar-refractivity contribution >= 4 is 5.69 Å². The molecule has 0 bridgehead atoms. The van der Waals surface area contributed by atoms with Crippen LogP contribution in [0.15, 0.2) is 28.8 Å². The molecule has 22 heavy (non-hydrogen) atoms. The van der Waals surface area contributed by atoms with Crippen LogP contribution in [0.5, 0.6) is 5.75 Å². The van der Waals surface area contributed by atoms with Gasteiger partial charge < -0.3 is 14.2 Å². The molecule has 118 valence electrons. The van der Waals surface area contributed by atoms with Crippen LogP contribution in [0.4, 0.5) is 5.69 Å². The smallest absolute Gasteiger partial charge is 0.243 e. The summed E-state index contributed by atoms with van der Waals surface area (Å²) in [4.78, 5) is 9.09. The van der Waals surface area contributed by atoms with Crippen molar-refractivity contribution in [1.82, 2.24) is 15.0 Å².